The average molecular weight is 447 g/mol. The number of amides is 1. The lowest BCUT2D eigenvalue weighted by atomic mass is 9.88. The van der Waals surface area contributed by atoms with Crippen molar-refractivity contribution in [2.24, 2.45) is 11.8 Å². The van der Waals surface area contributed by atoms with E-state index in [2.05, 4.69) is 18.7 Å². The van der Waals surface area contributed by atoms with Crippen LogP contribution in [0.3, 0.4) is 0 Å². The average Bonchev–Trinajstić information content (AvgIpc) is 3.11. The van der Waals surface area contributed by atoms with E-state index in [4.69, 9.17) is 16.3 Å². The summed E-state index contributed by atoms with van der Waals surface area (Å²) in [5.41, 5.74) is 2.06. The highest BCUT2D eigenvalue weighted by molar-refractivity contribution is 6.31. The van der Waals surface area contributed by atoms with Crippen LogP contribution in [0.5, 0.6) is 0 Å². The molecule has 0 aromatic heterocycles. The van der Waals surface area contributed by atoms with Crippen molar-refractivity contribution in [3.8, 4) is 0 Å². The van der Waals surface area contributed by atoms with E-state index in [0.717, 1.165) is 35.8 Å². The summed E-state index contributed by atoms with van der Waals surface area (Å²) in [5, 5.41) is 0.755. The smallest absolute Gasteiger partial charge is 0.248 e. The number of rotatable bonds is 9. The van der Waals surface area contributed by atoms with Gasteiger partial charge in [0.05, 0.1) is 0 Å². The molecule has 1 aliphatic rings. The van der Waals surface area contributed by atoms with Crippen molar-refractivity contribution < 1.29 is 13.9 Å². The van der Waals surface area contributed by atoms with Crippen LogP contribution in [0.25, 0.3) is 0 Å². The van der Waals surface area contributed by atoms with Crippen LogP contribution in [0, 0.1) is 17.7 Å². The number of halogens is 2. The molecule has 2 atom stereocenters. The van der Waals surface area contributed by atoms with Gasteiger partial charge in [0, 0.05) is 50.8 Å². The molecule has 31 heavy (non-hydrogen) atoms. The summed E-state index contributed by atoms with van der Waals surface area (Å²) in [6, 6.07) is 14.7. The van der Waals surface area contributed by atoms with Gasteiger partial charge in [-0.2, -0.15) is 0 Å². The van der Waals surface area contributed by atoms with Crippen molar-refractivity contribution in [2.75, 3.05) is 39.9 Å². The molecule has 4 nitrogen and oxygen atoms in total. The maximum atomic E-state index is 14.0. The van der Waals surface area contributed by atoms with Gasteiger partial charge in [0.25, 0.3) is 0 Å². The van der Waals surface area contributed by atoms with Crippen LogP contribution in [0.4, 0.5) is 4.39 Å². The second-order valence-electron chi connectivity index (χ2n) is 8.83. The van der Waals surface area contributed by atoms with Gasteiger partial charge < -0.3 is 9.64 Å². The molecule has 6 heteroatoms. The lowest BCUT2D eigenvalue weighted by molar-refractivity contribution is -0.136. The third-order valence-electron chi connectivity index (χ3n) is 5.81. The van der Waals surface area contributed by atoms with E-state index >= 15 is 0 Å². The van der Waals surface area contributed by atoms with Crippen molar-refractivity contribution in [2.45, 2.75) is 26.3 Å². The Morgan fingerprint density at radius 1 is 1.23 bits per heavy atom. The van der Waals surface area contributed by atoms with Crippen LogP contribution in [-0.4, -0.2) is 55.6 Å². The lowest BCUT2D eigenvalue weighted by Gasteiger charge is -2.30. The maximum Gasteiger partial charge on any atom is 0.248 e. The second kappa shape index (κ2) is 11.1. The fourth-order valence-electron chi connectivity index (χ4n) is 4.47. The highest BCUT2D eigenvalue weighted by Crippen LogP contribution is 2.35. The predicted octanol–water partition coefficient (Wildman–Crippen LogP) is 4.83. The zero-order chi connectivity index (χ0) is 22.4. The first-order chi connectivity index (χ1) is 14.9. The Balaban J connectivity index is 1.82. The minimum Gasteiger partial charge on any atom is -0.375 e. The summed E-state index contributed by atoms with van der Waals surface area (Å²) in [4.78, 5) is 17.0. The second-order valence-corrected chi connectivity index (χ2v) is 9.24. The highest BCUT2D eigenvalue weighted by Gasteiger charge is 2.36. The van der Waals surface area contributed by atoms with Crippen molar-refractivity contribution in [1.82, 2.24) is 9.80 Å². The third-order valence-corrected chi connectivity index (χ3v) is 6.17. The summed E-state index contributed by atoms with van der Waals surface area (Å²) >= 11 is 6.39. The molecule has 0 radical (unpaired) electrons. The molecule has 2 aromatic carbocycles. The van der Waals surface area contributed by atoms with Crippen molar-refractivity contribution >= 4 is 17.5 Å². The van der Waals surface area contributed by atoms with Crippen LogP contribution in [0.1, 0.15) is 30.9 Å². The largest absolute Gasteiger partial charge is 0.375 e. The lowest BCUT2D eigenvalue weighted by Crippen LogP contribution is -2.41. The fraction of sp³-hybridized carbons (Fsp3) is 0.480. The Morgan fingerprint density at radius 2 is 2.00 bits per heavy atom. The first-order valence-corrected chi connectivity index (χ1v) is 11.2. The van der Waals surface area contributed by atoms with E-state index in [0.29, 0.717) is 19.0 Å². The Kier molecular flexibility index (Phi) is 8.47. The number of nitrogens with zero attached hydrogens (tertiary/aromatic N) is 2. The van der Waals surface area contributed by atoms with Gasteiger partial charge in [-0.25, -0.2) is 4.39 Å². The van der Waals surface area contributed by atoms with Gasteiger partial charge in [0.2, 0.25) is 5.91 Å². The Hall–Kier alpha value is -1.95. The van der Waals surface area contributed by atoms with Gasteiger partial charge >= 0.3 is 0 Å². The zero-order valence-electron chi connectivity index (χ0n) is 18.6. The van der Waals surface area contributed by atoms with E-state index in [9.17, 15) is 9.18 Å². The third kappa shape index (κ3) is 6.52. The molecule has 0 saturated carbocycles. The quantitative estimate of drug-likeness (QED) is 0.553. The number of ether oxygens (including phenoxy) is 1. The van der Waals surface area contributed by atoms with Crippen molar-refractivity contribution in [3.63, 3.8) is 0 Å². The topological polar surface area (TPSA) is 32.8 Å². The van der Waals surface area contributed by atoms with E-state index < -0.39 is 0 Å². The number of likely N-dealkylation sites (tertiary alicyclic amines) is 1. The monoisotopic (exact) mass is 446 g/mol. The van der Waals surface area contributed by atoms with Crippen LogP contribution < -0.4 is 0 Å². The van der Waals surface area contributed by atoms with Gasteiger partial charge in [0.1, 0.15) is 12.4 Å². The molecule has 168 valence electrons. The van der Waals surface area contributed by atoms with E-state index in [1.54, 1.807) is 19.2 Å². The molecule has 1 saturated heterocycles. The minimum absolute atomic E-state index is 0.00116. The molecule has 1 heterocycles. The molecule has 2 unspecified atom stereocenters. The van der Waals surface area contributed by atoms with Gasteiger partial charge in [-0.05, 0) is 41.2 Å². The van der Waals surface area contributed by atoms with Gasteiger partial charge in [-0.1, -0.05) is 55.8 Å². The molecule has 0 spiro atoms. The first-order valence-electron chi connectivity index (χ1n) is 10.8. The molecule has 1 aliphatic heterocycles. The number of carbonyl (C=O) groups is 1. The normalized spacial score (nSPS) is 19.2. The van der Waals surface area contributed by atoms with E-state index in [1.807, 2.05) is 35.2 Å². The summed E-state index contributed by atoms with van der Waals surface area (Å²) in [6.45, 7) is 7.95. The molecule has 2 aromatic rings. The van der Waals surface area contributed by atoms with Crippen LogP contribution in [0.15, 0.2) is 48.5 Å². The minimum atomic E-state index is -0.227. The molecule has 0 bridgehead atoms. The number of carbonyl (C=O) groups excluding carboxylic acids is 1. The Bertz CT molecular complexity index is 876. The number of hydrogen-bond acceptors (Lipinski definition) is 3. The molecule has 3 rings (SSSR count). The first kappa shape index (κ1) is 23.7. The summed E-state index contributed by atoms with van der Waals surface area (Å²) in [6.07, 6.45) is 0. The number of methoxy groups -OCH3 is 1. The molecule has 1 amide bonds. The molecule has 1 fully saturated rings. The van der Waals surface area contributed by atoms with E-state index in [1.165, 1.54) is 6.07 Å². The Morgan fingerprint density at radius 3 is 2.68 bits per heavy atom. The molecular weight excluding hydrogens is 415 g/mol. The Labute approximate surface area is 189 Å². The molecular formula is C25H32ClFN2O2. The van der Waals surface area contributed by atoms with Crippen LogP contribution in [-0.2, 0) is 16.1 Å². The van der Waals surface area contributed by atoms with Gasteiger partial charge in [-0.3, -0.25) is 9.69 Å². The summed E-state index contributed by atoms with van der Waals surface area (Å²) in [5.74, 6) is 0.468. The summed E-state index contributed by atoms with van der Waals surface area (Å²) < 4.78 is 19.1. The van der Waals surface area contributed by atoms with Crippen LogP contribution in [0.2, 0.25) is 5.02 Å². The van der Waals surface area contributed by atoms with Crippen molar-refractivity contribution in [3.05, 3.63) is 70.5 Å². The zero-order valence-corrected chi connectivity index (χ0v) is 19.3. The number of benzene rings is 2. The van der Waals surface area contributed by atoms with Gasteiger partial charge in [-0.15, -0.1) is 0 Å². The van der Waals surface area contributed by atoms with Crippen molar-refractivity contribution in [1.29, 1.82) is 0 Å². The maximum absolute atomic E-state index is 14.0. The van der Waals surface area contributed by atoms with Crippen LogP contribution >= 0.6 is 11.6 Å². The van der Waals surface area contributed by atoms with Gasteiger partial charge in [0.15, 0.2) is 0 Å². The highest BCUT2D eigenvalue weighted by atomic mass is 35.5. The predicted molar refractivity (Wildman–Crippen MR) is 123 cm³/mol. The fourth-order valence-corrected chi connectivity index (χ4v) is 4.67. The molecule has 0 N–H and O–H groups in total. The standard InChI is InChI=1S/C25H32ClFN2O2/c1-18(2)12-29(25(30)17-31-3)15-21-14-28(13-20-7-4-5-10-24(20)26)16-23(21)19-8-6-9-22(27)11-19/h4-11,18,21,23H,12-17H2,1-3H3. The number of hydrogen-bond donors (Lipinski definition) is 0. The SMILES string of the molecule is COCC(=O)N(CC(C)C)CC1CN(Cc2ccccc2Cl)CC1c1cccc(F)c1. The molecule has 0 aliphatic carbocycles. The summed E-state index contributed by atoms with van der Waals surface area (Å²) in [7, 11) is 1.54. The van der Waals surface area contributed by atoms with E-state index in [-0.39, 0.29) is 30.2 Å².